The Kier molecular flexibility index (Phi) is 2.76. The number of rotatable bonds is 2. The zero-order valence-corrected chi connectivity index (χ0v) is 9.95. The van der Waals surface area contributed by atoms with Crippen molar-refractivity contribution in [2.45, 2.75) is 51.9 Å². The molecule has 2 heteroatoms. The van der Waals surface area contributed by atoms with Gasteiger partial charge < -0.3 is 0 Å². The van der Waals surface area contributed by atoms with E-state index < -0.39 is 0 Å². The van der Waals surface area contributed by atoms with E-state index in [0.29, 0.717) is 0 Å². The molecule has 1 aliphatic rings. The largest absolute Gasteiger partial charge is 0.241 e. The van der Waals surface area contributed by atoms with Crippen molar-refractivity contribution >= 4 is 0 Å². The van der Waals surface area contributed by atoms with Crippen LogP contribution >= 0.6 is 0 Å². The summed E-state index contributed by atoms with van der Waals surface area (Å²) >= 11 is 0. The SMILES string of the molecule is CC(C)(C)c1cc(CC2CCC2)ncn1. The van der Waals surface area contributed by atoms with Gasteiger partial charge in [-0.3, -0.25) is 0 Å². The molecule has 0 bridgehead atoms. The molecule has 0 spiro atoms. The summed E-state index contributed by atoms with van der Waals surface area (Å²) in [6, 6.07) is 2.18. The topological polar surface area (TPSA) is 25.8 Å². The van der Waals surface area contributed by atoms with E-state index >= 15 is 0 Å². The highest BCUT2D eigenvalue weighted by atomic mass is 14.8. The Bertz CT molecular complexity index is 335. The molecule has 0 unspecified atom stereocenters. The fourth-order valence-electron chi connectivity index (χ4n) is 1.91. The number of aromatic nitrogens is 2. The molecule has 0 radical (unpaired) electrons. The van der Waals surface area contributed by atoms with E-state index in [4.69, 9.17) is 0 Å². The zero-order valence-electron chi connectivity index (χ0n) is 9.95. The molecule has 1 aromatic heterocycles. The highest BCUT2D eigenvalue weighted by molar-refractivity contribution is 5.16. The smallest absolute Gasteiger partial charge is 0.115 e. The van der Waals surface area contributed by atoms with Crippen molar-refractivity contribution in [2.75, 3.05) is 0 Å². The summed E-state index contributed by atoms with van der Waals surface area (Å²) in [6.45, 7) is 6.59. The number of hydrogen-bond donors (Lipinski definition) is 0. The lowest BCUT2D eigenvalue weighted by molar-refractivity contribution is 0.311. The van der Waals surface area contributed by atoms with Crippen molar-refractivity contribution in [1.82, 2.24) is 9.97 Å². The highest BCUT2D eigenvalue weighted by Gasteiger charge is 2.20. The lowest BCUT2D eigenvalue weighted by Crippen LogP contribution is -2.17. The van der Waals surface area contributed by atoms with Gasteiger partial charge in [-0.1, -0.05) is 40.0 Å². The van der Waals surface area contributed by atoms with Gasteiger partial charge in [-0.25, -0.2) is 9.97 Å². The maximum absolute atomic E-state index is 4.36. The minimum Gasteiger partial charge on any atom is -0.241 e. The molecule has 15 heavy (non-hydrogen) atoms. The molecule has 1 fully saturated rings. The monoisotopic (exact) mass is 204 g/mol. The fraction of sp³-hybridized carbons (Fsp3) is 0.692. The first-order chi connectivity index (χ1) is 7.05. The van der Waals surface area contributed by atoms with Crippen molar-refractivity contribution in [1.29, 1.82) is 0 Å². The van der Waals surface area contributed by atoms with Gasteiger partial charge in [0, 0.05) is 16.8 Å². The molecule has 1 heterocycles. The van der Waals surface area contributed by atoms with Crippen molar-refractivity contribution in [3.8, 4) is 0 Å². The highest BCUT2D eigenvalue weighted by Crippen LogP contribution is 2.29. The molecule has 0 atom stereocenters. The van der Waals surface area contributed by atoms with E-state index in [1.54, 1.807) is 6.33 Å². The summed E-state index contributed by atoms with van der Waals surface area (Å²) in [5.74, 6) is 0.882. The second-order valence-corrected chi connectivity index (χ2v) is 5.65. The summed E-state index contributed by atoms with van der Waals surface area (Å²) in [5.41, 5.74) is 2.52. The van der Waals surface area contributed by atoms with Gasteiger partial charge in [-0.15, -0.1) is 0 Å². The molecule has 0 aliphatic heterocycles. The summed E-state index contributed by atoms with van der Waals surface area (Å²) in [7, 11) is 0. The maximum atomic E-state index is 4.36. The van der Waals surface area contributed by atoms with Gasteiger partial charge >= 0.3 is 0 Å². The molecule has 0 saturated heterocycles. The van der Waals surface area contributed by atoms with Gasteiger partial charge in [0.1, 0.15) is 6.33 Å². The Morgan fingerprint density at radius 2 is 2.00 bits per heavy atom. The summed E-state index contributed by atoms with van der Waals surface area (Å²) in [4.78, 5) is 8.71. The van der Waals surface area contributed by atoms with Gasteiger partial charge in [-0.2, -0.15) is 0 Å². The van der Waals surface area contributed by atoms with E-state index in [9.17, 15) is 0 Å². The lowest BCUT2D eigenvalue weighted by atomic mass is 9.81. The molecule has 0 aromatic carbocycles. The first kappa shape index (κ1) is 10.6. The first-order valence-corrected chi connectivity index (χ1v) is 5.87. The minimum atomic E-state index is 0.136. The van der Waals surface area contributed by atoms with Crippen LogP contribution in [0.2, 0.25) is 0 Å². The summed E-state index contributed by atoms with van der Waals surface area (Å²) in [5, 5.41) is 0. The predicted octanol–water partition coefficient (Wildman–Crippen LogP) is 3.12. The van der Waals surface area contributed by atoms with Gasteiger partial charge in [0.25, 0.3) is 0 Å². The van der Waals surface area contributed by atoms with Crippen LogP contribution in [-0.2, 0) is 11.8 Å². The van der Waals surface area contributed by atoms with E-state index in [1.807, 2.05) is 0 Å². The second kappa shape index (κ2) is 3.92. The van der Waals surface area contributed by atoms with Crippen LogP contribution in [-0.4, -0.2) is 9.97 Å². The number of hydrogen-bond acceptors (Lipinski definition) is 2. The molecule has 2 nitrogen and oxygen atoms in total. The van der Waals surface area contributed by atoms with Crippen LogP contribution in [0.1, 0.15) is 51.4 Å². The molecular formula is C13H20N2. The minimum absolute atomic E-state index is 0.136. The Hall–Kier alpha value is -0.920. The summed E-state index contributed by atoms with van der Waals surface area (Å²) in [6.07, 6.45) is 7.03. The van der Waals surface area contributed by atoms with Crippen LogP contribution < -0.4 is 0 Å². The van der Waals surface area contributed by atoms with Gasteiger partial charge in [0.05, 0.1) is 0 Å². The third-order valence-corrected chi connectivity index (χ3v) is 3.21. The Labute approximate surface area is 92.1 Å². The van der Waals surface area contributed by atoms with Crippen LogP contribution in [0.3, 0.4) is 0 Å². The average Bonchev–Trinajstić information content (AvgIpc) is 2.11. The third kappa shape index (κ3) is 2.55. The molecule has 1 aliphatic carbocycles. The predicted molar refractivity (Wildman–Crippen MR) is 61.8 cm³/mol. The van der Waals surface area contributed by atoms with Crippen LogP contribution in [0.15, 0.2) is 12.4 Å². The second-order valence-electron chi connectivity index (χ2n) is 5.65. The Morgan fingerprint density at radius 1 is 1.27 bits per heavy atom. The quantitative estimate of drug-likeness (QED) is 0.739. The third-order valence-electron chi connectivity index (χ3n) is 3.21. The fourth-order valence-corrected chi connectivity index (χ4v) is 1.91. The van der Waals surface area contributed by atoms with Crippen molar-refractivity contribution in [3.05, 3.63) is 23.8 Å². The van der Waals surface area contributed by atoms with Crippen molar-refractivity contribution in [3.63, 3.8) is 0 Å². The van der Waals surface area contributed by atoms with Crippen LogP contribution in [0.5, 0.6) is 0 Å². The molecule has 2 rings (SSSR count). The standard InChI is InChI=1S/C13H20N2/c1-13(2,3)12-8-11(14-9-15-12)7-10-5-4-6-10/h8-10H,4-7H2,1-3H3. The molecule has 1 saturated carbocycles. The van der Waals surface area contributed by atoms with Gasteiger partial charge in [-0.05, 0) is 18.4 Å². The van der Waals surface area contributed by atoms with Crippen molar-refractivity contribution < 1.29 is 0 Å². The normalized spacial score (nSPS) is 17.5. The van der Waals surface area contributed by atoms with E-state index in [0.717, 1.165) is 18.0 Å². The van der Waals surface area contributed by atoms with E-state index in [1.165, 1.54) is 25.0 Å². The first-order valence-electron chi connectivity index (χ1n) is 5.87. The van der Waals surface area contributed by atoms with Gasteiger partial charge in [0.15, 0.2) is 0 Å². The molecule has 0 N–H and O–H groups in total. The Balaban J connectivity index is 2.11. The van der Waals surface area contributed by atoms with Gasteiger partial charge in [0.2, 0.25) is 0 Å². The van der Waals surface area contributed by atoms with E-state index in [2.05, 4.69) is 36.8 Å². The molecule has 1 aromatic rings. The van der Waals surface area contributed by atoms with E-state index in [-0.39, 0.29) is 5.41 Å². The van der Waals surface area contributed by atoms with Crippen LogP contribution in [0.4, 0.5) is 0 Å². The average molecular weight is 204 g/mol. The molecule has 0 amide bonds. The van der Waals surface area contributed by atoms with Crippen LogP contribution in [0, 0.1) is 5.92 Å². The number of nitrogens with zero attached hydrogens (tertiary/aromatic N) is 2. The summed E-state index contributed by atoms with van der Waals surface area (Å²) < 4.78 is 0. The molecular weight excluding hydrogens is 184 g/mol. The lowest BCUT2D eigenvalue weighted by Gasteiger charge is -2.25. The zero-order chi connectivity index (χ0) is 10.9. The Morgan fingerprint density at radius 3 is 2.53 bits per heavy atom. The van der Waals surface area contributed by atoms with Crippen molar-refractivity contribution in [2.24, 2.45) is 5.92 Å². The molecule has 82 valence electrons. The van der Waals surface area contributed by atoms with Crippen LogP contribution in [0.25, 0.3) is 0 Å². The maximum Gasteiger partial charge on any atom is 0.115 e.